The average Bonchev–Trinajstić information content (AvgIpc) is 2.93. The minimum absolute atomic E-state index is 0.186. The Morgan fingerprint density at radius 1 is 1.13 bits per heavy atom. The third-order valence-electron chi connectivity index (χ3n) is 6.01. The van der Waals surface area contributed by atoms with Crippen LogP contribution in [0.15, 0.2) is 30.4 Å². The molecule has 0 fully saturated rings. The zero-order valence-electron chi connectivity index (χ0n) is 18.6. The molecule has 1 aliphatic rings. The zero-order valence-corrected chi connectivity index (χ0v) is 18.6. The highest BCUT2D eigenvalue weighted by Crippen LogP contribution is 2.26. The van der Waals surface area contributed by atoms with Crippen molar-refractivity contribution in [2.45, 2.75) is 52.5 Å². The van der Waals surface area contributed by atoms with Crippen molar-refractivity contribution in [2.24, 2.45) is 7.05 Å². The topological polar surface area (TPSA) is 80.2 Å². The number of carbonyl (C=O) groups is 3. The Kier molecular flexibility index (Phi) is 6.15. The van der Waals surface area contributed by atoms with Gasteiger partial charge in [-0.3, -0.25) is 14.4 Å². The van der Waals surface area contributed by atoms with Crippen molar-refractivity contribution in [3.05, 3.63) is 64.2 Å². The van der Waals surface area contributed by atoms with E-state index in [4.69, 9.17) is 0 Å². The second kappa shape index (κ2) is 8.49. The fourth-order valence-corrected chi connectivity index (χ4v) is 4.07. The van der Waals surface area contributed by atoms with Crippen LogP contribution in [0.2, 0.25) is 0 Å². The molecule has 1 aliphatic carbocycles. The van der Waals surface area contributed by atoms with Crippen LogP contribution in [0.25, 0.3) is 0 Å². The van der Waals surface area contributed by atoms with Crippen LogP contribution in [-0.4, -0.2) is 27.7 Å². The minimum atomic E-state index is -0.678. The molecule has 1 heterocycles. The van der Waals surface area contributed by atoms with Crippen molar-refractivity contribution in [3.63, 3.8) is 0 Å². The third kappa shape index (κ3) is 4.45. The highest BCUT2D eigenvalue weighted by Gasteiger charge is 2.33. The highest BCUT2D eigenvalue weighted by molar-refractivity contribution is 6.43. The Hall–Kier alpha value is -3.22. The smallest absolute Gasteiger partial charge is 0.294 e. The molecule has 0 bridgehead atoms. The molecule has 0 aliphatic heterocycles. The summed E-state index contributed by atoms with van der Waals surface area (Å²) < 4.78 is 15.1. The lowest BCUT2D eigenvalue weighted by atomic mass is 9.87. The summed E-state index contributed by atoms with van der Waals surface area (Å²) in [7, 11) is 1.66. The molecule has 31 heavy (non-hydrogen) atoms. The van der Waals surface area contributed by atoms with E-state index in [1.807, 2.05) is 13.0 Å². The second-order valence-electron chi connectivity index (χ2n) is 8.47. The van der Waals surface area contributed by atoms with Crippen molar-refractivity contribution in [2.75, 3.05) is 5.32 Å². The predicted octanol–water partition coefficient (Wildman–Crippen LogP) is 4.14. The summed E-state index contributed by atoms with van der Waals surface area (Å²) in [5.41, 5.74) is 1.92. The predicted molar refractivity (Wildman–Crippen MR) is 118 cm³/mol. The van der Waals surface area contributed by atoms with Crippen LogP contribution < -0.4 is 10.6 Å². The van der Waals surface area contributed by atoms with Crippen molar-refractivity contribution >= 4 is 23.3 Å². The zero-order chi connectivity index (χ0) is 22.9. The monoisotopic (exact) mass is 425 g/mol. The van der Waals surface area contributed by atoms with E-state index < -0.39 is 23.1 Å². The standard InChI is InChI=1S/C24H28FN3O3/c1-14-13-17(9-10-18(14)25)26-22(30)19-15(2)20(28(5)16(19)3)21(29)23(31)27-24(4)11-7-6-8-12-24/h6-7,9-10,13H,8,11-12H2,1-5H3,(H,26,30)(H,27,31). The number of hydrogen-bond acceptors (Lipinski definition) is 3. The first-order valence-corrected chi connectivity index (χ1v) is 10.3. The maximum absolute atomic E-state index is 13.5. The van der Waals surface area contributed by atoms with E-state index in [-0.39, 0.29) is 11.5 Å². The molecule has 0 radical (unpaired) electrons. The maximum atomic E-state index is 13.5. The van der Waals surface area contributed by atoms with Crippen LogP contribution in [0.4, 0.5) is 10.1 Å². The molecule has 2 N–H and O–H groups in total. The lowest BCUT2D eigenvalue weighted by Crippen LogP contribution is -2.49. The summed E-state index contributed by atoms with van der Waals surface area (Å²) in [6.45, 7) is 6.92. The Morgan fingerprint density at radius 3 is 2.45 bits per heavy atom. The minimum Gasteiger partial charge on any atom is -0.344 e. The molecule has 6 nitrogen and oxygen atoms in total. The molecule has 2 aromatic rings. The van der Waals surface area contributed by atoms with Gasteiger partial charge in [0.2, 0.25) is 0 Å². The quantitative estimate of drug-likeness (QED) is 0.429. The normalized spacial score (nSPS) is 18.0. The summed E-state index contributed by atoms with van der Waals surface area (Å²) in [4.78, 5) is 38.7. The van der Waals surface area contributed by atoms with E-state index in [0.717, 1.165) is 12.8 Å². The van der Waals surface area contributed by atoms with Crippen LogP contribution >= 0.6 is 0 Å². The lowest BCUT2D eigenvalue weighted by Gasteiger charge is -2.31. The van der Waals surface area contributed by atoms with E-state index in [0.29, 0.717) is 34.5 Å². The number of rotatable bonds is 5. The number of ketones is 1. The molecule has 2 amide bonds. The van der Waals surface area contributed by atoms with Gasteiger partial charge in [-0.05, 0) is 76.3 Å². The number of aromatic nitrogens is 1. The summed E-state index contributed by atoms with van der Waals surface area (Å²) in [5.74, 6) is -2.12. The summed E-state index contributed by atoms with van der Waals surface area (Å²) in [5, 5.41) is 5.62. The Labute approximate surface area is 181 Å². The summed E-state index contributed by atoms with van der Waals surface area (Å²) >= 11 is 0. The van der Waals surface area contributed by atoms with Gasteiger partial charge in [-0.2, -0.15) is 0 Å². The number of amides is 2. The molecule has 1 unspecified atom stereocenters. The van der Waals surface area contributed by atoms with Crippen molar-refractivity contribution in [1.82, 2.24) is 9.88 Å². The van der Waals surface area contributed by atoms with Gasteiger partial charge in [-0.25, -0.2) is 4.39 Å². The summed E-state index contributed by atoms with van der Waals surface area (Å²) in [6.07, 6.45) is 6.35. The largest absolute Gasteiger partial charge is 0.344 e. The molecule has 0 saturated heterocycles. The van der Waals surface area contributed by atoms with Gasteiger partial charge in [-0.15, -0.1) is 0 Å². The van der Waals surface area contributed by atoms with Crippen molar-refractivity contribution in [3.8, 4) is 0 Å². The highest BCUT2D eigenvalue weighted by atomic mass is 19.1. The van der Waals surface area contributed by atoms with Gasteiger partial charge in [0.1, 0.15) is 5.82 Å². The maximum Gasteiger partial charge on any atom is 0.294 e. The van der Waals surface area contributed by atoms with Crippen LogP contribution in [-0.2, 0) is 11.8 Å². The Balaban J connectivity index is 1.86. The Bertz CT molecular complexity index is 1100. The fourth-order valence-electron chi connectivity index (χ4n) is 4.07. The number of aryl methyl sites for hydroxylation is 1. The van der Waals surface area contributed by atoms with Crippen LogP contribution in [0, 0.1) is 26.6 Å². The first-order chi connectivity index (χ1) is 14.5. The van der Waals surface area contributed by atoms with Crippen LogP contribution in [0.3, 0.4) is 0 Å². The summed E-state index contributed by atoms with van der Waals surface area (Å²) in [6, 6.07) is 4.31. The third-order valence-corrected chi connectivity index (χ3v) is 6.01. The number of halogens is 1. The van der Waals surface area contributed by atoms with Gasteiger partial charge < -0.3 is 15.2 Å². The molecule has 7 heteroatoms. The fraction of sp³-hybridized carbons (Fsp3) is 0.375. The van der Waals surface area contributed by atoms with E-state index >= 15 is 0 Å². The molecule has 164 valence electrons. The van der Waals surface area contributed by atoms with Crippen LogP contribution in [0.5, 0.6) is 0 Å². The Morgan fingerprint density at radius 2 is 1.84 bits per heavy atom. The van der Waals surface area contributed by atoms with Gasteiger partial charge in [0.25, 0.3) is 17.6 Å². The number of hydrogen-bond donors (Lipinski definition) is 2. The lowest BCUT2D eigenvalue weighted by molar-refractivity contribution is -0.118. The van der Waals surface area contributed by atoms with Crippen molar-refractivity contribution < 1.29 is 18.8 Å². The van der Waals surface area contributed by atoms with E-state index in [1.165, 1.54) is 12.1 Å². The molecule has 0 saturated carbocycles. The molecule has 0 spiro atoms. The van der Waals surface area contributed by atoms with Crippen molar-refractivity contribution in [1.29, 1.82) is 0 Å². The number of nitrogens with zero attached hydrogens (tertiary/aromatic N) is 1. The second-order valence-corrected chi connectivity index (χ2v) is 8.47. The van der Waals surface area contributed by atoms with Gasteiger partial charge in [0, 0.05) is 24.0 Å². The van der Waals surface area contributed by atoms with E-state index in [2.05, 4.69) is 16.7 Å². The first kappa shape index (κ1) is 22.5. The molecule has 1 aromatic carbocycles. The van der Waals surface area contributed by atoms with E-state index in [1.54, 1.807) is 38.5 Å². The molecule has 1 aromatic heterocycles. The van der Waals surface area contributed by atoms with Gasteiger partial charge >= 0.3 is 0 Å². The molecular formula is C24H28FN3O3. The molecule has 3 rings (SSSR count). The number of benzene rings is 1. The number of Topliss-reactive ketones (excluding diaryl/α,β-unsaturated/α-hetero) is 1. The van der Waals surface area contributed by atoms with Gasteiger partial charge in [-0.1, -0.05) is 12.2 Å². The van der Waals surface area contributed by atoms with Gasteiger partial charge in [0.15, 0.2) is 0 Å². The molecular weight excluding hydrogens is 397 g/mol. The first-order valence-electron chi connectivity index (χ1n) is 10.3. The van der Waals surface area contributed by atoms with E-state index in [9.17, 15) is 18.8 Å². The van der Waals surface area contributed by atoms with Crippen LogP contribution in [0.1, 0.15) is 63.9 Å². The number of nitrogens with one attached hydrogen (secondary N) is 2. The number of allylic oxidation sites excluding steroid dienone is 1. The average molecular weight is 426 g/mol. The molecule has 1 atom stereocenters. The SMILES string of the molecule is Cc1cc(NC(=O)c2c(C)c(C(=O)C(=O)NC3(C)CC=CCC3)n(C)c2C)ccc1F. The van der Waals surface area contributed by atoms with Gasteiger partial charge in [0.05, 0.1) is 11.3 Å². The number of carbonyl (C=O) groups excluding carboxylic acids is 3. The number of anilines is 1.